The van der Waals surface area contributed by atoms with Crippen LogP contribution < -0.4 is 0 Å². The number of hydrogen-bond acceptors (Lipinski definition) is 4. The zero-order chi connectivity index (χ0) is 9.07. The van der Waals surface area contributed by atoms with Crippen molar-refractivity contribution in [2.75, 3.05) is 34.5 Å². The Morgan fingerprint density at radius 1 is 0.667 bits per heavy atom. The molecule has 0 rings (SSSR count). The van der Waals surface area contributed by atoms with Gasteiger partial charge >= 0.3 is 0 Å². The Hall–Kier alpha value is 1.40. The standard InChI is InChI=1S/C8H18S4/c9-3-1-2-5-11-7-8-12-6-4-10/h9-10H,1-8H2. The molecule has 0 N–H and O–H groups in total. The van der Waals surface area contributed by atoms with Crippen LogP contribution in [-0.2, 0) is 0 Å². The quantitative estimate of drug-likeness (QED) is 0.471. The van der Waals surface area contributed by atoms with Crippen molar-refractivity contribution in [3.63, 3.8) is 0 Å². The van der Waals surface area contributed by atoms with Crippen molar-refractivity contribution in [2.24, 2.45) is 0 Å². The van der Waals surface area contributed by atoms with E-state index in [1.807, 2.05) is 11.8 Å². The first-order chi connectivity index (χ1) is 5.91. The SMILES string of the molecule is SCCCCSCCSCCS. The number of unbranched alkanes of at least 4 members (excludes halogenated alkanes) is 1. The highest BCUT2D eigenvalue weighted by molar-refractivity contribution is 8.03. The highest BCUT2D eigenvalue weighted by atomic mass is 32.2. The molecule has 74 valence electrons. The van der Waals surface area contributed by atoms with Crippen molar-refractivity contribution in [1.82, 2.24) is 0 Å². The molecule has 0 aromatic rings. The summed E-state index contributed by atoms with van der Waals surface area (Å²) < 4.78 is 0. The molecule has 0 aliphatic heterocycles. The molecule has 0 amide bonds. The monoisotopic (exact) mass is 242 g/mol. The van der Waals surface area contributed by atoms with Gasteiger partial charge in [-0.1, -0.05) is 0 Å². The summed E-state index contributed by atoms with van der Waals surface area (Å²) in [5.41, 5.74) is 0. The Morgan fingerprint density at radius 2 is 1.33 bits per heavy atom. The molecule has 0 aliphatic rings. The van der Waals surface area contributed by atoms with E-state index >= 15 is 0 Å². The number of hydrogen-bond donors (Lipinski definition) is 2. The summed E-state index contributed by atoms with van der Waals surface area (Å²) in [5, 5.41) is 0. The Labute approximate surface area is 95.9 Å². The molecule has 0 radical (unpaired) electrons. The van der Waals surface area contributed by atoms with Crippen LogP contribution in [0.5, 0.6) is 0 Å². The summed E-state index contributed by atoms with van der Waals surface area (Å²) >= 11 is 12.4. The molecule has 0 heterocycles. The lowest BCUT2D eigenvalue weighted by atomic mass is 10.4. The van der Waals surface area contributed by atoms with Gasteiger partial charge in [-0.15, -0.1) is 0 Å². The molecule has 0 spiro atoms. The Balaban J connectivity index is 2.73. The first-order valence-corrected chi connectivity index (χ1v) is 7.86. The van der Waals surface area contributed by atoms with E-state index < -0.39 is 0 Å². The van der Waals surface area contributed by atoms with Crippen LogP contribution in [0.4, 0.5) is 0 Å². The van der Waals surface area contributed by atoms with Crippen LogP contribution in [0.3, 0.4) is 0 Å². The average Bonchev–Trinajstić information content (AvgIpc) is 2.10. The van der Waals surface area contributed by atoms with Crippen molar-refractivity contribution in [3.05, 3.63) is 0 Å². The van der Waals surface area contributed by atoms with Gasteiger partial charge < -0.3 is 0 Å². The van der Waals surface area contributed by atoms with Crippen LogP contribution in [0, 0.1) is 0 Å². The van der Waals surface area contributed by atoms with Gasteiger partial charge in [0.15, 0.2) is 0 Å². The molecule has 0 fully saturated rings. The number of rotatable bonds is 9. The second-order valence-corrected chi connectivity index (χ2v) is 5.72. The maximum Gasteiger partial charge on any atom is 0.00238 e. The molecule has 0 unspecified atom stereocenters. The average molecular weight is 242 g/mol. The molecular formula is C8H18S4. The third-order valence-electron chi connectivity index (χ3n) is 1.30. The fourth-order valence-corrected chi connectivity index (χ4v) is 3.20. The topological polar surface area (TPSA) is 0 Å². The summed E-state index contributed by atoms with van der Waals surface area (Å²) in [5.74, 6) is 7.13. The van der Waals surface area contributed by atoms with Crippen molar-refractivity contribution in [3.8, 4) is 0 Å². The molecule has 0 bridgehead atoms. The minimum absolute atomic E-state index is 1.01. The zero-order valence-corrected chi connectivity index (χ0v) is 10.8. The normalized spacial score (nSPS) is 10.5. The van der Waals surface area contributed by atoms with Crippen LogP contribution in [-0.4, -0.2) is 34.5 Å². The lowest BCUT2D eigenvalue weighted by Crippen LogP contribution is -1.90. The predicted molar refractivity (Wildman–Crippen MR) is 71.6 cm³/mol. The van der Waals surface area contributed by atoms with Crippen molar-refractivity contribution in [1.29, 1.82) is 0 Å². The van der Waals surface area contributed by atoms with Gasteiger partial charge in [-0.2, -0.15) is 48.8 Å². The van der Waals surface area contributed by atoms with Crippen molar-refractivity contribution >= 4 is 48.8 Å². The fourth-order valence-electron chi connectivity index (χ4n) is 0.702. The maximum absolute atomic E-state index is 4.17. The largest absolute Gasteiger partial charge is 0.179 e. The van der Waals surface area contributed by atoms with Gasteiger partial charge in [-0.05, 0) is 30.1 Å². The minimum Gasteiger partial charge on any atom is -0.179 e. The van der Waals surface area contributed by atoms with E-state index in [1.165, 1.54) is 35.9 Å². The highest BCUT2D eigenvalue weighted by Crippen LogP contribution is 2.09. The van der Waals surface area contributed by atoms with Crippen LogP contribution in [0.15, 0.2) is 0 Å². The summed E-state index contributed by atoms with van der Waals surface area (Å²) in [6.45, 7) is 0. The van der Waals surface area contributed by atoms with E-state index in [4.69, 9.17) is 0 Å². The highest BCUT2D eigenvalue weighted by Gasteiger charge is 1.90. The van der Waals surface area contributed by atoms with Gasteiger partial charge in [0.1, 0.15) is 0 Å². The molecular weight excluding hydrogens is 224 g/mol. The van der Waals surface area contributed by atoms with E-state index in [-0.39, 0.29) is 0 Å². The molecule has 12 heavy (non-hydrogen) atoms. The fraction of sp³-hybridized carbons (Fsp3) is 1.00. The molecule has 0 saturated carbocycles. The number of thioether (sulfide) groups is 2. The van der Waals surface area contributed by atoms with Crippen molar-refractivity contribution < 1.29 is 0 Å². The zero-order valence-electron chi connectivity index (χ0n) is 7.37. The Morgan fingerprint density at radius 3 is 1.92 bits per heavy atom. The van der Waals surface area contributed by atoms with Gasteiger partial charge in [0.05, 0.1) is 0 Å². The van der Waals surface area contributed by atoms with E-state index in [0.29, 0.717) is 0 Å². The maximum atomic E-state index is 4.17. The molecule has 0 saturated heterocycles. The third kappa shape index (κ3) is 11.4. The Bertz CT molecular complexity index is 67.5. The second kappa shape index (κ2) is 12.4. The predicted octanol–water partition coefficient (Wildman–Crippen LogP) is 3.09. The molecule has 4 heteroatoms. The van der Waals surface area contributed by atoms with Crippen molar-refractivity contribution in [2.45, 2.75) is 12.8 Å². The van der Waals surface area contributed by atoms with Gasteiger partial charge in [0, 0.05) is 17.3 Å². The van der Waals surface area contributed by atoms with E-state index in [9.17, 15) is 0 Å². The van der Waals surface area contributed by atoms with Gasteiger partial charge in [-0.25, -0.2) is 0 Å². The molecule has 0 atom stereocenters. The summed E-state index contributed by atoms with van der Waals surface area (Å²) in [6.07, 6.45) is 2.59. The third-order valence-corrected chi connectivity index (χ3v) is 4.46. The first-order valence-electron chi connectivity index (χ1n) is 4.29. The lowest BCUT2D eigenvalue weighted by Gasteiger charge is -1.99. The van der Waals surface area contributed by atoms with Gasteiger partial charge in [0.2, 0.25) is 0 Å². The van der Waals surface area contributed by atoms with Crippen LogP contribution in [0.25, 0.3) is 0 Å². The minimum atomic E-state index is 1.01. The molecule has 0 aliphatic carbocycles. The van der Waals surface area contributed by atoms with E-state index in [1.54, 1.807) is 0 Å². The molecule has 0 aromatic heterocycles. The van der Waals surface area contributed by atoms with Crippen LogP contribution in [0.1, 0.15) is 12.8 Å². The first kappa shape index (κ1) is 13.4. The number of thiol groups is 2. The summed E-state index contributed by atoms with van der Waals surface area (Å²) in [4.78, 5) is 0. The van der Waals surface area contributed by atoms with Crippen LogP contribution in [0.2, 0.25) is 0 Å². The summed E-state index contributed by atoms with van der Waals surface area (Å²) in [7, 11) is 0. The molecule has 0 aromatic carbocycles. The van der Waals surface area contributed by atoms with E-state index in [2.05, 4.69) is 37.0 Å². The van der Waals surface area contributed by atoms with Gasteiger partial charge in [0.25, 0.3) is 0 Å². The second-order valence-electron chi connectivity index (χ2n) is 2.38. The van der Waals surface area contributed by atoms with Crippen LogP contribution >= 0.6 is 48.8 Å². The molecule has 0 nitrogen and oxygen atoms in total. The lowest BCUT2D eigenvalue weighted by molar-refractivity contribution is 0.910. The smallest absolute Gasteiger partial charge is 0.00238 e. The van der Waals surface area contributed by atoms with E-state index in [0.717, 1.165) is 11.5 Å². The van der Waals surface area contributed by atoms with Gasteiger partial charge in [-0.3, -0.25) is 0 Å². The Kier molecular flexibility index (Phi) is 13.8. The summed E-state index contributed by atoms with van der Waals surface area (Å²) in [6, 6.07) is 0.